The molecule has 0 unspecified atom stereocenters. The highest BCUT2D eigenvalue weighted by Gasteiger charge is 2.07. The van der Waals surface area contributed by atoms with Crippen LogP contribution in [0.4, 0.5) is 4.39 Å². The summed E-state index contributed by atoms with van der Waals surface area (Å²) >= 11 is 5.64. The first-order valence-corrected chi connectivity index (χ1v) is 5.97. The predicted molar refractivity (Wildman–Crippen MR) is 69.2 cm³/mol. The minimum Gasteiger partial charge on any atom is -0.486 e. The van der Waals surface area contributed by atoms with Gasteiger partial charge in [0.2, 0.25) is 0 Å². The molecule has 4 heteroatoms. The Morgan fingerprint density at radius 3 is 3.00 bits per heavy atom. The van der Waals surface area contributed by atoms with Crippen LogP contribution in [0.2, 0.25) is 5.02 Å². The first kappa shape index (κ1) is 14.0. The lowest BCUT2D eigenvalue weighted by Crippen LogP contribution is -2.20. The Labute approximate surface area is 106 Å². The summed E-state index contributed by atoms with van der Waals surface area (Å²) in [5.74, 6) is -0.363. The largest absolute Gasteiger partial charge is 0.486 e. The molecular formula is C13H17ClFNO. The quantitative estimate of drug-likeness (QED) is 0.597. The number of rotatable bonds is 7. The van der Waals surface area contributed by atoms with Crippen LogP contribution < -0.4 is 10.1 Å². The lowest BCUT2D eigenvalue weighted by Gasteiger charge is -2.10. The molecule has 0 spiro atoms. The minimum atomic E-state index is -0.525. The fourth-order valence-electron chi connectivity index (χ4n) is 1.27. The normalized spacial score (nSPS) is 10.3. The zero-order valence-electron chi connectivity index (χ0n) is 9.93. The van der Waals surface area contributed by atoms with Crippen molar-refractivity contribution in [3.8, 4) is 5.75 Å². The van der Waals surface area contributed by atoms with E-state index in [4.69, 9.17) is 16.3 Å². The number of hydrogen-bond acceptors (Lipinski definition) is 2. The third-order valence-electron chi connectivity index (χ3n) is 2.15. The van der Waals surface area contributed by atoms with Crippen LogP contribution in [0.5, 0.6) is 5.75 Å². The van der Waals surface area contributed by atoms with E-state index in [1.54, 1.807) is 12.1 Å². The summed E-state index contributed by atoms with van der Waals surface area (Å²) in [5, 5.41) is 3.26. The van der Waals surface area contributed by atoms with Crippen LogP contribution in [0, 0.1) is 5.82 Å². The van der Waals surface area contributed by atoms with E-state index in [1.165, 1.54) is 6.07 Å². The van der Waals surface area contributed by atoms with Gasteiger partial charge in [-0.05, 0) is 30.7 Å². The van der Waals surface area contributed by atoms with Crippen molar-refractivity contribution in [1.82, 2.24) is 5.32 Å². The van der Waals surface area contributed by atoms with Gasteiger partial charge in [-0.3, -0.25) is 0 Å². The molecule has 1 aromatic rings. The van der Waals surface area contributed by atoms with Crippen molar-refractivity contribution in [1.29, 1.82) is 0 Å². The smallest absolute Gasteiger partial charge is 0.183 e. The van der Waals surface area contributed by atoms with Crippen molar-refractivity contribution < 1.29 is 9.13 Å². The SMILES string of the molecule is C=C(CNCCC)COc1cccc(Cl)c1F. The molecule has 0 saturated heterocycles. The van der Waals surface area contributed by atoms with E-state index in [2.05, 4.69) is 18.8 Å². The third kappa shape index (κ3) is 4.75. The van der Waals surface area contributed by atoms with Gasteiger partial charge < -0.3 is 10.1 Å². The molecule has 94 valence electrons. The van der Waals surface area contributed by atoms with Crippen molar-refractivity contribution in [2.24, 2.45) is 0 Å². The zero-order chi connectivity index (χ0) is 12.7. The summed E-state index contributed by atoms with van der Waals surface area (Å²) in [6, 6.07) is 4.69. The maximum atomic E-state index is 13.5. The highest BCUT2D eigenvalue weighted by Crippen LogP contribution is 2.24. The molecule has 0 saturated carbocycles. The van der Waals surface area contributed by atoms with Gasteiger partial charge in [0.05, 0.1) is 5.02 Å². The number of benzene rings is 1. The molecule has 0 fully saturated rings. The monoisotopic (exact) mass is 257 g/mol. The summed E-state index contributed by atoms with van der Waals surface area (Å²) in [6.07, 6.45) is 1.07. The number of hydrogen-bond donors (Lipinski definition) is 1. The van der Waals surface area contributed by atoms with Crippen molar-refractivity contribution in [2.45, 2.75) is 13.3 Å². The first-order valence-electron chi connectivity index (χ1n) is 5.59. The van der Waals surface area contributed by atoms with E-state index < -0.39 is 5.82 Å². The molecule has 0 aromatic heterocycles. The van der Waals surface area contributed by atoms with Gasteiger partial charge >= 0.3 is 0 Å². The Kier molecular flexibility index (Phi) is 6.01. The van der Waals surface area contributed by atoms with Gasteiger partial charge in [0.15, 0.2) is 11.6 Å². The summed E-state index contributed by atoms with van der Waals surface area (Å²) < 4.78 is 18.8. The van der Waals surface area contributed by atoms with Crippen LogP contribution in [0.15, 0.2) is 30.4 Å². The summed E-state index contributed by atoms with van der Waals surface area (Å²) in [7, 11) is 0. The molecule has 0 aliphatic carbocycles. The van der Waals surface area contributed by atoms with Gasteiger partial charge in [0.1, 0.15) is 6.61 Å². The highest BCUT2D eigenvalue weighted by molar-refractivity contribution is 6.30. The second-order valence-electron chi connectivity index (χ2n) is 3.77. The number of ether oxygens (including phenoxy) is 1. The van der Waals surface area contributed by atoms with Crippen molar-refractivity contribution >= 4 is 11.6 Å². The zero-order valence-corrected chi connectivity index (χ0v) is 10.7. The second-order valence-corrected chi connectivity index (χ2v) is 4.17. The molecule has 17 heavy (non-hydrogen) atoms. The lowest BCUT2D eigenvalue weighted by molar-refractivity contribution is 0.329. The van der Waals surface area contributed by atoms with Gasteiger partial charge in [0, 0.05) is 6.54 Å². The molecule has 0 aliphatic rings. The van der Waals surface area contributed by atoms with Crippen LogP contribution in [0.3, 0.4) is 0 Å². The van der Waals surface area contributed by atoms with E-state index in [0.717, 1.165) is 18.5 Å². The molecular weight excluding hydrogens is 241 g/mol. The average Bonchev–Trinajstić information content (AvgIpc) is 2.31. The van der Waals surface area contributed by atoms with Crippen LogP contribution in [-0.4, -0.2) is 19.7 Å². The first-order chi connectivity index (χ1) is 8.15. The Bertz CT molecular complexity index is 382. The van der Waals surface area contributed by atoms with E-state index in [1.807, 2.05) is 0 Å². The summed E-state index contributed by atoms with van der Waals surface area (Å²) in [4.78, 5) is 0. The van der Waals surface area contributed by atoms with Crippen LogP contribution in [0.25, 0.3) is 0 Å². The van der Waals surface area contributed by atoms with Gasteiger partial charge in [-0.2, -0.15) is 0 Å². The molecule has 0 aliphatic heterocycles. The van der Waals surface area contributed by atoms with Gasteiger partial charge in [-0.15, -0.1) is 0 Å². The molecule has 0 heterocycles. The standard InChI is InChI=1S/C13H17ClFNO/c1-3-7-16-8-10(2)9-17-12-6-4-5-11(14)13(12)15/h4-6,16H,2-3,7-9H2,1H3. The predicted octanol–water partition coefficient (Wildman–Crippen LogP) is 3.41. The van der Waals surface area contributed by atoms with E-state index in [9.17, 15) is 4.39 Å². The van der Waals surface area contributed by atoms with E-state index >= 15 is 0 Å². The fraction of sp³-hybridized carbons (Fsp3) is 0.385. The molecule has 1 rings (SSSR count). The topological polar surface area (TPSA) is 21.3 Å². The fourth-order valence-corrected chi connectivity index (χ4v) is 1.43. The maximum absolute atomic E-state index is 13.5. The molecule has 0 amide bonds. The number of halogens is 2. The van der Waals surface area contributed by atoms with Crippen molar-refractivity contribution in [3.05, 3.63) is 41.2 Å². The Balaban J connectivity index is 2.39. The lowest BCUT2D eigenvalue weighted by atomic mass is 10.3. The third-order valence-corrected chi connectivity index (χ3v) is 2.44. The maximum Gasteiger partial charge on any atom is 0.183 e. The van der Waals surface area contributed by atoms with Crippen LogP contribution in [-0.2, 0) is 0 Å². The Morgan fingerprint density at radius 1 is 1.53 bits per heavy atom. The molecule has 0 bridgehead atoms. The minimum absolute atomic E-state index is 0.0669. The molecule has 2 nitrogen and oxygen atoms in total. The van der Waals surface area contributed by atoms with Gasteiger partial charge in [0.25, 0.3) is 0 Å². The summed E-state index contributed by atoms with van der Waals surface area (Å²) in [6.45, 7) is 7.84. The van der Waals surface area contributed by atoms with Crippen LogP contribution in [0.1, 0.15) is 13.3 Å². The van der Waals surface area contributed by atoms with Crippen LogP contribution >= 0.6 is 11.6 Å². The molecule has 1 aromatic carbocycles. The molecule has 0 atom stereocenters. The highest BCUT2D eigenvalue weighted by atomic mass is 35.5. The Hall–Kier alpha value is -1.06. The average molecular weight is 258 g/mol. The summed E-state index contributed by atoms with van der Waals surface area (Å²) in [5.41, 5.74) is 0.873. The second kappa shape index (κ2) is 7.30. The van der Waals surface area contributed by atoms with Crippen molar-refractivity contribution in [2.75, 3.05) is 19.7 Å². The molecule has 0 radical (unpaired) electrons. The number of nitrogens with one attached hydrogen (secondary N) is 1. The van der Waals surface area contributed by atoms with Gasteiger partial charge in [-0.1, -0.05) is 31.2 Å². The van der Waals surface area contributed by atoms with Crippen molar-refractivity contribution in [3.63, 3.8) is 0 Å². The van der Waals surface area contributed by atoms with Gasteiger partial charge in [-0.25, -0.2) is 4.39 Å². The van der Waals surface area contributed by atoms with E-state index in [-0.39, 0.29) is 17.4 Å². The van der Waals surface area contributed by atoms with E-state index in [0.29, 0.717) is 6.54 Å². The Morgan fingerprint density at radius 2 is 2.29 bits per heavy atom. The molecule has 1 N–H and O–H groups in total.